The molecule has 0 saturated heterocycles. The summed E-state index contributed by atoms with van der Waals surface area (Å²) in [5.74, 6) is -9.20. The molecule has 0 unspecified atom stereocenters. The first kappa shape index (κ1) is 13.6. The summed E-state index contributed by atoms with van der Waals surface area (Å²) in [5.41, 5.74) is 0. The Morgan fingerprint density at radius 1 is 1.09 bits per heavy atom. The van der Waals surface area contributed by atoms with Crippen molar-refractivity contribution in [2.45, 2.75) is 12.1 Å². The van der Waals surface area contributed by atoms with Gasteiger partial charge in [0.15, 0.2) is 0 Å². The molecule has 0 bridgehead atoms. The minimum absolute atomic E-state index is 0. The van der Waals surface area contributed by atoms with Gasteiger partial charge >= 0.3 is 39.4 Å². The molecule has 8 heteroatoms. The number of carboxylic acids is 1. The Kier molecular flexibility index (Phi) is 4.49. The second-order valence-electron chi connectivity index (χ2n) is 1.36. The number of carbonyl (C=O) groups excluding carboxylic acids is 1. The van der Waals surface area contributed by atoms with Crippen molar-refractivity contribution < 1.29 is 31.9 Å². The number of rotatable bonds is 1. The fourth-order valence-electron chi connectivity index (χ4n) is 0.116. The molecule has 0 aromatic rings. The molecule has 0 radical (unpaired) electrons. The molecule has 11 heavy (non-hydrogen) atoms. The number of carboxylic acid groups (broad SMARTS) is 1. The third-order valence-electron chi connectivity index (χ3n) is 0.612. The van der Waals surface area contributed by atoms with E-state index in [1.807, 2.05) is 0 Å². The maximum Gasteiger partial charge on any atom is 1.00 e. The van der Waals surface area contributed by atoms with E-state index in [9.17, 15) is 22.0 Å². The summed E-state index contributed by atoms with van der Waals surface area (Å²) in [6.45, 7) is 0. The largest absolute Gasteiger partial charge is 1.00 e. The summed E-state index contributed by atoms with van der Waals surface area (Å²) in [5, 5.41) is 9.09. The normalized spacial score (nSPS) is 12.1. The van der Waals surface area contributed by atoms with Crippen LogP contribution in [0.15, 0.2) is 0 Å². The van der Waals surface area contributed by atoms with Gasteiger partial charge in [0.05, 0.1) is 0 Å². The molecule has 0 aliphatic heterocycles. The SMILES string of the molecule is O=C([O-])C(F)(F)C(F)(F)F.[Tl+]. The van der Waals surface area contributed by atoms with Crippen LogP contribution in [0.1, 0.15) is 0 Å². The van der Waals surface area contributed by atoms with Crippen molar-refractivity contribution >= 4 is 33.3 Å². The number of carbonyl (C=O) groups is 1. The predicted molar refractivity (Wildman–Crippen MR) is 21.8 cm³/mol. The molecule has 0 aliphatic carbocycles. The van der Waals surface area contributed by atoms with Crippen LogP contribution in [0.25, 0.3) is 0 Å². The molecule has 0 atom stereocenters. The molecule has 62 valence electrons. The van der Waals surface area contributed by atoms with E-state index in [1.54, 1.807) is 0 Å². The summed E-state index contributed by atoms with van der Waals surface area (Å²) in [6, 6.07) is 0. The summed E-state index contributed by atoms with van der Waals surface area (Å²) in [7, 11) is 0. The second-order valence-corrected chi connectivity index (χ2v) is 1.36. The van der Waals surface area contributed by atoms with Crippen molar-refractivity contribution in [2.24, 2.45) is 0 Å². The van der Waals surface area contributed by atoms with Crippen LogP contribution < -0.4 is 5.11 Å². The Hall–Kier alpha value is 0.0421. The van der Waals surface area contributed by atoms with Crippen molar-refractivity contribution in [3.8, 4) is 0 Å². The van der Waals surface area contributed by atoms with Crippen molar-refractivity contribution in [1.29, 1.82) is 0 Å². The summed E-state index contributed by atoms with van der Waals surface area (Å²) >= 11 is 0. The van der Waals surface area contributed by atoms with Gasteiger partial charge in [-0.3, -0.25) is 0 Å². The third kappa shape index (κ3) is 2.87. The topological polar surface area (TPSA) is 40.1 Å². The molecular formula is C3F5O2Tl. The summed E-state index contributed by atoms with van der Waals surface area (Å²) < 4.78 is 55.3. The quantitative estimate of drug-likeness (QED) is 0.466. The van der Waals surface area contributed by atoms with Crippen molar-refractivity contribution in [2.75, 3.05) is 0 Å². The van der Waals surface area contributed by atoms with Gasteiger partial charge in [-0.1, -0.05) is 0 Å². The zero-order valence-electron chi connectivity index (χ0n) is 4.78. The molecule has 0 spiro atoms. The van der Waals surface area contributed by atoms with Gasteiger partial charge in [-0.25, -0.2) is 0 Å². The maximum atomic E-state index is 11.3. The van der Waals surface area contributed by atoms with Crippen LogP contribution in [0.4, 0.5) is 22.0 Å². The van der Waals surface area contributed by atoms with Crippen LogP contribution in [-0.4, -0.2) is 45.4 Å². The van der Waals surface area contributed by atoms with Gasteiger partial charge in [-0.15, -0.1) is 0 Å². The van der Waals surface area contributed by atoms with E-state index < -0.39 is 18.1 Å². The first-order chi connectivity index (χ1) is 4.19. The first-order valence-electron chi connectivity index (χ1n) is 1.85. The van der Waals surface area contributed by atoms with E-state index >= 15 is 0 Å². The molecule has 0 N–H and O–H groups in total. The van der Waals surface area contributed by atoms with Crippen LogP contribution in [0, 0.1) is 0 Å². The fraction of sp³-hybridized carbons (Fsp3) is 0.667. The van der Waals surface area contributed by atoms with E-state index in [-0.39, 0.29) is 27.3 Å². The molecule has 0 aromatic carbocycles. The number of halogens is 5. The second kappa shape index (κ2) is 3.63. The molecular weight excluding hydrogens is 367 g/mol. The monoisotopic (exact) mass is 368 g/mol. The van der Waals surface area contributed by atoms with Crippen LogP contribution in [-0.2, 0) is 4.79 Å². The number of hydrogen-bond acceptors (Lipinski definition) is 2. The minimum Gasteiger partial charge on any atom is -0.544 e. The number of alkyl halides is 5. The van der Waals surface area contributed by atoms with Gasteiger partial charge in [0.25, 0.3) is 0 Å². The smallest absolute Gasteiger partial charge is 0.544 e. The van der Waals surface area contributed by atoms with Crippen molar-refractivity contribution in [3.05, 3.63) is 0 Å². The predicted octanol–water partition coefficient (Wildman–Crippen LogP) is -0.447. The van der Waals surface area contributed by atoms with E-state index in [0.29, 0.717) is 0 Å². The van der Waals surface area contributed by atoms with Gasteiger partial charge in [-0.2, -0.15) is 22.0 Å². The average Bonchev–Trinajstić information content (AvgIpc) is 1.62. The van der Waals surface area contributed by atoms with E-state index in [2.05, 4.69) is 0 Å². The molecule has 0 amide bonds. The molecule has 0 aliphatic rings. The van der Waals surface area contributed by atoms with E-state index in [0.717, 1.165) is 0 Å². The third-order valence-corrected chi connectivity index (χ3v) is 0.612. The van der Waals surface area contributed by atoms with Gasteiger partial charge in [-0.05, 0) is 0 Å². The van der Waals surface area contributed by atoms with Gasteiger partial charge in [0.2, 0.25) is 0 Å². The van der Waals surface area contributed by atoms with Gasteiger partial charge < -0.3 is 9.90 Å². The molecule has 2 nitrogen and oxygen atoms in total. The Morgan fingerprint density at radius 2 is 1.36 bits per heavy atom. The Morgan fingerprint density at radius 3 is 1.36 bits per heavy atom. The van der Waals surface area contributed by atoms with Crippen molar-refractivity contribution in [3.63, 3.8) is 0 Å². The van der Waals surface area contributed by atoms with E-state index in [1.165, 1.54) is 0 Å². The molecule has 0 aromatic heterocycles. The molecule has 0 saturated carbocycles. The molecule has 0 fully saturated rings. The standard InChI is InChI=1S/C3HF5O2.Tl/c4-2(5,1(9)10)3(6,7)8;/h(H,9,10);/q;+1/p-1. The minimum atomic E-state index is -6.08. The zero-order chi connectivity index (χ0) is 8.58. The first-order valence-corrected chi connectivity index (χ1v) is 1.85. The molecule has 0 heterocycles. The Balaban J connectivity index is 0. The van der Waals surface area contributed by atoms with Gasteiger partial charge in [0.1, 0.15) is 5.97 Å². The van der Waals surface area contributed by atoms with Crippen LogP contribution >= 0.6 is 0 Å². The molecule has 0 rings (SSSR count). The fourth-order valence-corrected chi connectivity index (χ4v) is 0.116. The Labute approximate surface area is 77.5 Å². The van der Waals surface area contributed by atoms with Crippen LogP contribution in [0.5, 0.6) is 0 Å². The number of aliphatic carboxylic acids is 1. The zero-order valence-corrected chi connectivity index (χ0v) is 9.27. The average molecular weight is 367 g/mol. The summed E-state index contributed by atoms with van der Waals surface area (Å²) in [4.78, 5) is 9.09. The maximum absolute atomic E-state index is 11.3. The summed E-state index contributed by atoms with van der Waals surface area (Å²) in [6.07, 6.45) is -6.08. The van der Waals surface area contributed by atoms with Gasteiger partial charge in [0, 0.05) is 0 Å². The number of hydrogen-bond donors (Lipinski definition) is 0. The Bertz CT molecular complexity index is 152. The van der Waals surface area contributed by atoms with Crippen LogP contribution in [0.2, 0.25) is 0 Å². The van der Waals surface area contributed by atoms with E-state index in [4.69, 9.17) is 9.90 Å². The van der Waals surface area contributed by atoms with Crippen molar-refractivity contribution in [1.82, 2.24) is 0 Å². The van der Waals surface area contributed by atoms with Crippen LogP contribution in [0.3, 0.4) is 0 Å².